The van der Waals surface area contributed by atoms with Gasteiger partial charge in [0, 0.05) is 68.1 Å². The van der Waals surface area contributed by atoms with Crippen LogP contribution in [0.3, 0.4) is 0 Å². The molecule has 6 rings (SSSR count). The number of ether oxygens (including phenoxy) is 1. The highest BCUT2D eigenvalue weighted by Gasteiger charge is 2.53. The van der Waals surface area contributed by atoms with Crippen molar-refractivity contribution in [2.45, 2.75) is 64.0 Å². The molecule has 2 aliphatic heterocycles. The molecule has 3 fully saturated rings. The van der Waals surface area contributed by atoms with Crippen molar-refractivity contribution in [3.8, 4) is 0 Å². The van der Waals surface area contributed by atoms with Crippen LogP contribution in [-0.4, -0.2) is 66.4 Å². The lowest BCUT2D eigenvalue weighted by Gasteiger charge is -2.54. The van der Waals surface area contributed by atoms with Crippen molar-refractivity contribution in [3.05, 3.63) is 89.5 Å². The number of aryl methyl sites for hydroxylation is 1. The van der Waals surface area contributed by atoms with Gasteiger partial charge in [0.2, 0.25) is 0 Å². The minimum atomic E-state index is -0.427. The van der Waals surface area contributed by atoms with Gasteiger partial charge in [-0.1, -0.05) is 31.2 Å². The SMILES string of the molecule is [C-]#[N+]c1ccc(N2CC(C)(CN3CCC(C(Cn4ccnc4C)(c4cccc(F)c4)[C@@H]4CCC[C@H]4OC(=O)NC)CC3)C2)cc1. The van der Waals surface area contributed by atoms with Gasteiger partial charge in [0.25, 0.3) is 0 Å². The number of carbonyl (C=O) groups excluding carboxylic acids is 1. The molecule has 2 aromatic carbocycles. The lowest BCUT2D eigenvalue weighted by molar-refractivity contribution is -0.00177. The zero-order chi connectivity index (χ0) is 31.6. The topological polar surface area (TPSA) is 67.0 Å². The van der Waals surface area contributed by atoms with E-state index in [1.807, 2.05) is 37.5 Å². The maximum Gasteiger partial charge on any atom is 0.407 e. The van der Waals surface area contributed by atoms with Crippen LogP contribution in [0.5, 0.6) is 0 Å². The molecule has 0 radical (unpaired) electrons. The maximum absolute atomic E-state index is 15.0. The number of aromatic nitrogens is 2. The van der Waals surface area contributed by atoms with Gasteiger partial charge < -0.3 is 24.4 Å². The predicted octanol–water partition coefficient (Wildman–Crippen LogP) is 6.58. The number of piperidine rings is 1. The molecule has 45 heavy (non-hydrogen) atoms. The molecule has 2 saturated heterocycles. The summed E-state index contributed by atoms with van der Waals surface area (Å²) in [6.45, 7) is 17.3. The van der Waals surface area contributed by atoms with Gasteiger partial charge in [-0.3, -0.25) is 0 Å². The first kappa shape index (κ1) is 31.1. The average Bonchev–Trinajstić information content (AvgIpc) is 3.67. The molecule has 1 unspecified atom stereocenters. The fourth-order valence-corrected chi connectivity index (χ4v) is 8.62. The molecule has 1 aromatic heterocycles. The molecule has 3 heterocycles. The van der Waals surface area contributed by atoms with Crippen molar-refractivity contribution >= 4 is 17.5 Å². The number of carbonyl (C=O) groups is 1. The summed E-state index contributed by atoms with van der Waals surface area (Å²) in [6, 6.07) is 15.1. The zero-order valence-corrected chi connectivity index (χ0v) is 26.7. The third kappa shape index (κ3) is 6.30. The molecule has 3 aromatic rings. The van der Waals surface area contributed by atoms with E-state index in [-0.39, 0.29) is 29.2 Å². The van der Waals surface area contributed by atoms with Gasteiger partial charge in [-0.2, -0.15) is 0 Å². The fourth-order valence-electron chi connectivity index (χ4n) is 8.62. The van der Waals surface area contributed by atoms with E-state index in [0.29, 0.717) is 12.2 Å². The largest absolute Gasteiger partial charge is 0.446 e. The average molecular weight is 613 g/mol. The van der Waals surface area contributed by atoms with Crippen molar-refractivity contribution in [1.82, 2.24) is 19.8 Å². The van der Waals surface area contributed by atoms with Crippen LogP contribution >= 0.6 is 0 Å². The molecule has 238 valence electrons. The first-order valence-electron chi connectivity index (χ1n) is 16.3. The molecule has 8 nitrogen and oxygen atoms in total. The van der Waals surface area contributed by atoms with Crippen LogP contribution in [-0.2, 0) is 16.7 Å². The molecule has 1 saturated carbocycles. The summed E-state index contributed by atoms with van der Waals surface area (Å²) in [5.74, 6) is 1.04. The minimum absolute atomic E-state index is 0.0573. The van der Waals surface area contributed by atoms with Gasteiger partial charge in [0.1, 0.15) is 17.7 Å². The number of likely N-dealkylation sites (tertiary alicyclic amines) is 1. The van der Waals surface area contributed by atoms with Crippen LogP contribution < -0.4 is 10.2 Å². The summed E-state index contributed by atoms with van der Waals surface area (Å²) in [5.41, 5.74) is 2.63. The first-order valence-corrected chi connectivity index (χ1v) is 16.3. The second kappa shape index (κ2) is 12.8. The Labute approximate surface area is 266 Å². The van der Waals surface area contributed by atoms with E-state index in [4.69, 9.17) is 11.3 Å². The zero-order valence-electron chi connectivity index (χ0n) is 26.7. The van der Waals surface area contributed by atoms with Crippen LogP contribution in [0.2, 0.25) is 0 Å². The van der Waals surface area contributed by atoms with Gasteiger partial charge in [-0.05, 0) is 87.9 Å². The quantitative estimate of drug-likeness (QED) is 0.277. The summed E-state index contributed by atoms with van der Waals surface area (Å²) in [7, 11) is 1.60. The van der Waals surface area contributed by atoms with E-state index in [9.17, 15) is 4.79 Å². The third-order valence-electron chi connectivity index (χ3n) is 10.7. The molecule has 1 aliphatic carbocycles. The highest BCUT2D eigenvalue weighted by molar-refractivity contribution is 5.67. The second-order valence-corrected chi connectivity index (χ2v) is 13.7. The number of nitrogens with one attached hydrogen (secondary N) is 1. The van der Waals surface area contributed by atoms with Crippen LogP contribution in [0, 0.1) is 36.6 Å². The Kier molecular flexibility index (Phi) is 8.87. The smallest absolute Gasteiger partial charge is 0.407 e. The summed E-state index contributed by atoms with van der Waals surface area (Å²) in [6.07, 6.45) is 7.92. The molecular formula is C36H45FN6O2. The second-order valence-electron chi connectivity index (χ2n) is 13.7. The number of hydrogen-bond donors (Lipinski definition) is 1. The molecule has 9 heteroatoms. The summed E-state index contributed by atoms with van der Waals surface area (Å²) in [4.78, 5) is 25.6. The Morgan fingerprint density at radius 3 is 2.56 bits per heavy atom. The third-order valence-corrected chi connectivity index (χ3v) is 10.7. The van der Waals surface area contributed by atoms with Gasteiger partial charge in [-0.25, -0.2) is 19.0 Å². The lowest BCUT2D eigenvalue weighted by atomic mass is 9.58. The van der Waals surface area contributed by atoms with E-state index >= 15 is 4.39 Å². The molecule has 0 spiro atoms. The number of nitrogens with zero attached hydrogens (tertiary/aromatic N) is 5. The van der Waals surface area contributed by atoms with Crippen molar-refractivity contribution in [2.24, 2.45) is 17.3 Å². The Morgan fingerprint density at radius 2 is 1.91 bits per heavy atom. The predicted molar refractivity (Wildman–Crippen MR) is 174 cm³/mol. The number of halogens is 1. The number of benzene rings is 2. The lowest BCUT2D eigenvalue weighted by Crippen LogP contribution is -2.60. The monoisotopic (exact) mass is 612 g/mol. The number of imidazole rings is 1. The summed E-state index contributed by atoms with van der Waals surface area (Å²) >= 11 is 0. The number of hydrogen-bond acceptors (Lipinski definition) is 5. The first-order chi connectivity index (χ1) is 21.7. The standard InChI is InChI=1S/C36H45FN6O2/c1-26-40-17-20-42(26)25-36(28-7-5-8-29(37)21-28,32-9-6-10-33(32)45-34(44)39-4)27-15-18-41(19-16-27)22-35(2)23-43(24-35)31-13-11-30(38-3)12-14-31/h5,7-8,11-14,17,20-21,27,32-33H,6,9-10,15-16,18-19,22-25H2,1-2,4H3,(H,39,44)/t32-,33-,36?/m1/s1. The summed E-state index contributed by atoms with van der Waals surface area (Å²) < 4.78 is 23.3. The van der Waals surface area contributed by atoms with Gasteiger partial charge in [0.05, 0.1) is 6.57 Å². The van der Waals surface area contributed by atoms with Crippen LogP contribution in [0.15, 0.2) is 60.9 Å². The van der Waals surface area contributed by atoms with Crippen molar-refractivity contribution in [3.63, 3.8) is 0 Å². The molecule has 3 aliphatic rings. The van der Waals surface area contributed by atoms with Gasteiger partial charge in [-0.15, -0.1) is 0 Å². The van der Waals surface area contributed by atoms with E-state index in [1.54, 1.807) is 13.1 Å². The van der Waals surface area contributed by atoms with Crippen LogP contribution in [0.1, 0.15) is 50.4 Å². The molecule has 3 atom stereocenters. The van der Waals surface area contributed by atoms with E-state index in [0.717, 1.165) is 76.2 Å². The molecule has 1 N–H and O–H groups in total. The number of rotatable bonds is 9. The Balaban J connectivity index is 1.24. The van der Waals surface area contributed by atoms with E-state index < -0.39 is 11.5 Å². The van der Waals surface area contributed by atoms with Gasteiger partial charge >= 0.3 is 6.09 Å². The number of amides is 1. The van der Waals surface area contributed by atoms with Crippen molar-refractivity contribution in [2.75, 3.05) is 44.7 Å². The normalized spacial score (nSPS) is 23.1. The Bertz CT molecular complexity index is 1520. The maximum atomic E-state index is 15.0. The van der Waals surface area contributed by atoms with Crippen molar-refractivity contribution < 1.29 is 13.9 Å². The summed E-state index contributed by atoms with van der Waals surface area (Å²) in [5, 5.41) is 2.65. The number of anilines is 1. The van der Waals surface area contributed by atoms with Crippen molar-refractivity contribution in [1.29, 1.82) is 0 Å². The van der Waals surface area contributed by atoms with Crippen LogP contribution in [0.4, 0.5) is 20.6 Å². The Morgan fingerprint density at radius 1 is 1.16 bits per heavy atom. The minimum Gasteiger partial charge on any atom is -0.446 e. The highest BCUT2D eigenvalue weighted by Crippen LogP contribution is 2.52. The van der Waals surface area contributed by atoms with E-state index in [1.165, 1.54) is 11.8 Å². The Hall–Kier alpha value is -3.90. The van der Waals surface area contributed by atoms with Crippen LogP contribution in [0.25, 0.3) is 4.85 Å². The van der Waals surface area contributed by atoms with E-state index in [2.05, 4.69) is 54.6 Å². The highest BCUT2D eigenvalue weighted by atomic mass is 19.1. The van der Waals surface area contributed by atoms with Gasteiger partial charge in [0.15, 0.2) is 5.69 Å². The number of alkyl carbamates (subject to hydrolysis) is 1. The fraction of sp³-hybridized carbons (Fsp3) is 0.528. The molecular weight excluding hydrogens is 567 g/mol. The molecule has 0 bridgehead atoms. The molecule has 1 amide bonds.